The standard InChI is InChI=1S/C52H78N6O7/c1-9-12-13-14-15-16-17-18-19-20-21-22-23-24-25-26-36-64-49(59)51(5,6)40-52(7,10-2)50(60)65-37-35-57(11-3)44-31-27-42(28-32-44)53-55-46-39-48(63-8)47(38-41(46)4)56-54-43-29-33-45(34-30-43)58(61)62/h27-34,38-39H,9-26,35-37,40H2,1-8H3. The summed E-state index contributed by atoms with van der Waals surface area (Å²) in [5.74, 6) is -0.121. The Kier molecular flexibility index (Phi) is 24.5. The highest BCUT2D eigenvalue weighted by molar-refractivity contribution is 5.80. The van der Waals surface area contributed by atoms with Gasteiger partial charge in [-0.2, -0.15) is 15.3 Å². The van der Waals surface area contributed by atoms with Crippen LogP contribution in [0, 0.1) is 27.9 Å². The van der Waals surface area contributed by atoms with Gasteiger partial charge in [-0.1, -0.05) is 110 Å². The molecule has 1 unspecified atom stereocenters. The molecule has 0 heterocycles. The van der Waals surface area contributed by atoms with Gasteiger partial charge in [0.05, 0.1) is 53.1 Å². The molecule has 0 N–H and O–H groups in total. The molecule has 13 nitrogen and oxygen atoms in total. The Balaban J connectivity index is 1.39. The molecule has 0 aliphatic rings. The van der Waals surface area contributed by atoms with Crippen LogP contribution in [0.2, 0.25) is 0 Å². The first-order valence-corrected chi connectivity index (χ1v) is 24.2. The molecule has 0 aromatic heterocycles. The van der Waals surface area contributed by atoms with Gasteiger partial charge in [-0.15, -0.1) is 5.11 Å². The van der Waals surface area contributed by atoms with Crippen molar-refractivity contribution in [3.8, 4) is 5.75 Å². The van der Waals surface area contributed by atoms with Gasteiger partial charge in [-0.25, -0.2) is 0 Å². The Labute approximate surface area is 389 Å². The van der Waals surface area contributed by atoms with E-state index in [1.807, 2.05) is 65.8 Å². The van der Waals surface area contributed by atoms with Crippen molar-refractivity contribution in [2.24, 2.45) is 31.3 Å². The first-order chi connectivity index (χ1) is 31.3. The van der Waals surface area contributed by atoms with Crippen LogP contribution in [-0.4, -0.2) is 50.3 Å². The monoisotopic (exact) mass is 899 g/mol. The maximum absolute atomic E-state index is 13.5. The van der Waals surface area contributed by atoms with Crippen molar-refractivity contribution in [1.29, 1.82) is 0 Å². The first-order valence-electron chi connectivity index (χ1n) is 24.2. The average Bonchev–Trinajstić information content (AvgIpc) is 3.30. The lowest BCUT2D eigenvalue weighted by Crippen LogP contribution is -2.39. The van der Waals surface area contributed by atoms with E-state index >= 15 is 0 Å². The molecule has 0 radical (unpaired) electrons. The lowest BCUT2D eigenvalue weighted by molar-refractivity contribution is -0.384. The summed E-state index contributed by atoms with van der Waals surface area (Å²) in [6.45, 7) is 15.6. The zero-order chi connectivity index (χ0) is 47.5. The molecule has 0 aliphatic carbocycles. The number of esters is 2. The van der Waals surface area contributed by atoms with Crippen molar-refractivity contribution >= 4 is 46.1 Å². The third-order valence-electron chi connectivity index (χ3n) is 12.2. The van der Waals surface area contributed by atoms with Gasteiger partial charge in [0.2, 0.25) is 0 Å². The maximum atomic E-state index is 13.5. The predicted octanol–water partition coefficient (Wildman–Crippen LogP) is 15.7. The van der Waals surface area contributed by atoms with Crippen molar-refractivity contribution in [3.05, 3.63) is 76.3 Å². The van der Waals surface area contributed by atoms with Crippen LogP contribution < -0.4 is 9.64 Å². The fraction of sp³-hybridized carbons (Fsp3) is 0.615. The number of hydrogen-bond donors (Lipinski definition) is 0. The van der Waals surface area contributed by atoms with Gasteiger partial charge in [0.15, 0.2) is 0 Å². The summed E-state index contributed by atoms with van der Waals surface area (Å²) in [5, 5.41) is 28.3. The zero-order valence-corrected chi connectivity index (χ0v) is 40.9. The predicted molar refractivity (Wildman–Crippen MR) is 262 cm³/mol. The Hall–Kier alpha value is -5.20. The summed E-state index contributed by atoms with van der Waals surface area (Å²) in [6.07, 6.45) is 21.6. The van der Waals surface area contributed by atoms with Gasteiger partial charge in [-0.3, -0.25) is 19.7 Å². The summed E-state index contributed by atoms with van der Waals surface area (Å²) in [7, 11) is 1.53. The highest BCUT2D eigenvalue weighted by atomic mass is 16.6. The number of aryl methyl sites for hydroxylation is 1. The van der Waals surface area contributed by atoms with Crippen molar-refractivity contribution < 1.29 is 28.7 Å². The number of ether oxygens (including phenoxy) is 3. The third-order valence-corrected chi connectivity index (χ3v) is 12.2. The fourth-order valence-electron chi connectivity index (χ4n) is 7.90. The number of azo groups is 2. The average molecular weight is 899 g/mol. The molecule has 0 spiro atoms. The minimum absolute atomic E-state index is 0.0228. The van der Waals surface area contributed by atoms with E-state index in [2.05, 4.69) is 32.3 Å². The molecule has 0 saturated carbocycles. The van der Waals surface area contributed by atoms with Gasteiger partial charge in [-0.05, 0) is 102 Å². The Bertz CT molecular complexity index is 1930. The zero-order valence-electron chi connectivity index (χ0n) is 40.9. The van der Waals surface area contributed by atoms with Gasteiger partial charge in [0, 0.05) is 30.4 Å². The maximum Gasteiger partial charge on any atom is 0.311 e. The number of nitro groups is 1. The SMILES string of the molecule is CCCCCCCCCCCCCCCCCCOC(=O)C(C)(C)CC(C)(CC)C(=O)OCCN(CC)c1ccc(N=Nc2cc(OC)c(N=Nc3ccc([N+](=O)[O-])cc3)cc2C)cc1. The van der Waals surface area contributed by atoms with Gasteiger partial charge in [0.25, 0.3) is 5.69 Å². The number of nitro benzene ring substituents is 1. The van der Waals surface area contributed by atoms with Crippen LogP contribution in [-0.2, 0) is 19.1 Å². The highest BCUT2D eigenvalue weighted by Crippen LogP contribution is 2.39. The molecule has 0 amide bonds. The van der Waals surface area contributed by atoms with Gasteiger partial charge >= 0.3 is 11.9 Å². The van der Waals surface area contributed by atoms with Crippen LogP contribution in [0.3, 0.4) is 0 Å². The number of carbonyl (C=O) groups is 2. The minimum Gasteiger partial charge on any atom is -0.494 e. The van der Waals surface area contributed by atoms with Crippen molar-refractivity contribution in [2.45, 2.75) is 164 Å². The summed E-state index contributed by atoms with van der Waals surface area (Å²) >= 11 is 0. The smallest absolute Gasteiger partial charge is 0.311 e. The summed E-state index contributed by atoms with van der Waals surface area (Å²) < 4.78 is 17.1. The molecular formula is C52H78N6O7. The van der Waals surface area contributed by atoms with Crippen LogP contribution in [0.4, 0.5) is 34.1 Å². The second-order valence-electron chi connectivity index (χ2n) is 18.1. The summed E-state index contributed by atoms with van der Waals surface area (Å²) in [4.78, 5) is 39.3. The Morgan fingerprint density at radius 2 is 1.14 bits per heavy atom. The minimum atomic E-state index is -0.831. The van der Waals surface area contributed by atoms with E-state index in [4.69, 9.17) is 14.2 Å². The topological polar surface area (TPSA) is 158 Å². The van der Waals surface area contributed by atoms with E-state index in [0.29, 0.717) is 61.0 Å². The van der Waals surface area contributed by atoms with Crippen LogP contribution in [0.1, 0.15) is 163 Å². The molecule has 0 fully saturated rings. The molecule has 3 rings (SSSR count). The van der Waals surface area contributed by atoms with E-state index in [0.717, 1.165) is 24.1 Å². The van der Waals surface area contributed by atoms with Crippen molar-refractivity contribution in [2.75, 3.05) is 38.3 Å². The van der Waals surface area contributed by atoms with Crippen LogP contribution >= 0.6 is 0 Å². The van der Waals surface area contributed by atoms with Gasteiger partial charge < -0.3 is 19.1 Å². The Morgan fingerprint density at radius 1 is 0.646 bits per heavy atom. The number of benzene rings is 3. The summed E-state index contributed by atoms with van der Waals surface area (Å²) in [6, 6.07) is 17.0. The highest BCUT2D eigenvalue weighted by Gasteiger charge is 2.43. The normalized spacial score (nSPS) is 12.7. The number of anilines is 1. The molecular weight excluding hydrogens is 821 g/mol. The lowest BCUT2D eigenvalue weighted by Gasteiger charge is -2.34. The van der Waals surface area contributed by atoms with Crippen LogP contribution in [0.25, 0.3) is 0 Å². The number of hydrogen-bond acceptors (Lipinski definition) is 12. The van der Waals surface area contributed by atoms with Crippen LogP contribution in [0.5, 0.6) is 5.75 Å². The second kappa shape index (κ2) is 29.4. The molecule has 65 heavy (non-hydrogen) atoms. The van der Waals surface area contributed by atoms with Crippen LogP contribution in [0.15, 0.2) is 81.1 Å². The second-order valence-corrected chi connectivity index (χ2v) is 18.1. The number of methoxy groups -OCH3 is 1. The number of rotatable bonds is 33. The number of unbranched alkanes of at least 4 members (excludes halogenated alkanes) is 15. The van der Waals surface area contributed by atoms with Gasteiger partial charge in [0.1, 0.15) is 18.0 Å². The lowest BCUT2D eigenvalue weighted by atomic mass is 9.72. The molecule has 0 saturated heterocycles. The molecule has 13 heteroatoms. The van der Waals surface area contributed by atoms with Crippen molar-refractivity contribution in [1.82, 2.24) is 0 Å². The van der Waals surface area contributed by atoms with E-state index in [9.17, 15) is 19.7 Å². The molecule has 3 aromatic carbocycles. The quantitative estimate of drug-likeness (QED) is 0.0192. The third kappa shape index (κ3) is 19.4. The van der Waals surface area contributed by atoms with E-state index in [1.54, 1.807) is 12.1 Å². The number of likely N-dealkylation sites (N-methyl/N-ethyl adjacent to an activating group) is 1. The van der Waals surface area contributed by atoms with Crippen molar-refractivity contribution in [3.63, 3.8) is 0 Å². The molecule has 0 bridgehead atoms. The Morgan fingerprint density at radius 3 is 1.63 bits per heavy atom. The molecule has 3 aromatic rings. The van der Waals surface area contributed by atoms with E-state index in [1.165, 1.54) is 121 Å². The summed E-state index contributed by atoms with van der Waals surface area (Å²) in [5.41, 5.74) is 2.28. The number of non-ortho nitro benzene ring substituents is 1. The van der Waals surface area contributed by atoms with E-state index in [-0.39, 0.29) is 24.2 Å². The number of carbonyl (C=O) groups excluding carboxylic acids is 2. The number of nitrogens with zero attached hydrogens (tertiary/aromatic N) is 6. The molecule has 358 valence electrons. The largest absolute Gasteiger partial charge is 0.494 e. The van der Waals surface area contributed by atoms with E-state index < -0.39 is 15.8 Å². The molecule has 1 atom stereocenters. The molecule has 0 aliphatic heterocycles. The first kappa shape index (κ1) is 54.1. The fourth-order valence-corrected chi connectivity index (χ4v) is 7.90.